The van der Waals surface area contributed by atoms with Crippen molar-refractivity contribution in [3.8, 4) is 0 Å². The average Bonchev–Trinajstić information content (AvgIpc) is 2.76. The minimum Gasteiger partial charge on any atom is -0.361 e. The summed E-state index contributed by atoms with van der Waals surface area (Å²) in [5, 5.41) is 6.32. The second kappa shape index (κ2) is 5.01. The normalized spacial score (nSPS) is 10.2. The van der Waals surface area contributed by atoms with Gasteiger partial charge in [-0.1, -0.05) is 17.3 Å². The molecule has 0 fully saturated rings. The Morgan fingerprint density at radius 1 is 1.53 bits per heavy atom. The SMILES string of the molecule is Cc1oncc1C(=O)Nc1cccc(CCl)c1. The van der Waals surface area contributed by atoms with Crippen LogP contribution in [0.15, 0.2) is 35.0 Å². The number of aromatic nitrogens is 1. The van der Waals surface area contributed by atoms with Crippen LogP contribution in [0.4, 0.5) is 5.69 Å². The number of halogens is 1. The molecule has 0 aliphatic rings. The van der Waals surface area contributed by atoms with E-state index >= 15 is 0 Å². The third-order valence-corrected chi connectivity index (χ3v) is 2.64. The number of aryl methyl sites for hydroxylation is 1. The van der Waals surface area contributed by atoms with E-state index in [1.54, 1.807) is 13.0 Å². The summed E-state index contributed by atoms with van der Waals surface area (Å²) >= 11 is 5.72. The molecule has 0 aliphatic carbocycles. The molecule has 17 heavy (non-hydrogen) atoms. The highest BCUT2D eigenvalue weighted by Crippen LogP contribution is 2.14. The molecule has 1 heterocycles. The average molecular weight is 251 g/mol. The first-order valence-corrected chi connectivity index (χ1v) is 5.61. The molecular weight excluding hydrogens is 240 g/mol. The summed E-state index contributed by atoms with van der Waals surface area (Å²) in [6.07, 6.45) is 1.40. The van der Waals surface area contributed by atoms with E-state index in [4.69, 9.17) is 16.1 Å². The number of anilines is 1. The lowest BCUT2D eigenvalue weighted by atomic mass is 10.2. The van der Waals surface area contributed by atoms with Gasteiger partial charge >= 0.3 is 0 Å². The van der Waals surface area contributed by atoms with Gasteiger partial charge in [0.1, 0.15) is 11.3 Å². The van der Waals surface area contributed by atoms with Crippen molar-refractivity contribution < 1.29 is 9.32 Å². The van der Waals surface area contributed by atoms with E-state index in [1.165, 1.54) is 6.20 Å². The first-order valence-electron chi connectivity index (χ1n) is 5.08. The number of rotatable bonds is 3. The Balaban J connectivity index is 2.16. The van der Waals surface area contributed by atoms with Crippen molar-refractivity contribution >= 4 is 23.2 Å². The molecule has 4 nitrogen and oxygen atoms in total. The Hall–Kier alpha value is -1.81. The van der Waals surface area contributed by atoms with Crippen molar-refractivity contribution in [2.45, 2.75) is 12.8 Å². The van der Waals surface area contributed by atoms with Crippen molar-refractivity contribution in [3.63, 3.8) is 0 Å². The highest BCUT2D eigenvalue weighted by atomic mass is 35.5. The van der Waals surface area contributed by atoms with Gasteiger partial charge in [0, 0.05) is 11.6 Å². The summed E-state index contributed by atoms with van der Waals surface area (Å²) in [5.41, 5.74) is 2.08. The van der Waals surface area contributed by atoms with E-state index in [-0.39, 0.29) is 5.91 Å². The van der Waals surface area contributed by atoms with Crippen LogP contribution in [-0.2, 0) is 5.88 Å². The second-order valence-corrected chi connectivity index (χ2v) is 3.85. The maximum atomic E-state index is 11.9. The number of hydrogen-bond donors (Lipinski definition) is 1. The minimum absolute atomic E-state index is 0.240. The maximum absolute atomic E-state index is 11.9. The van der Waals surface area contributed by atoms with Crippen LogP contribution in [0, 0.1) is 6.92 Å². The van der Waals surface area contributed by atoms with Crippen LogP contribution in [0.2, 0.25) is 0 Å². The summed E-state index contributed by atoms with van der Waals surface area (Å²) in [7, 11) is 0. The zero-order valence-electron chi connectivity index (χ0n) is 9.24. The second-order valence-electron chi connectivity index (χ2n) is 3.58. The topological polar surface area (TPSA) is 55.1 Å². The Bertz CT molecular complexity index is 537. The van der Waals surface area contributed by atoms with Crippen molar-refractivity contribution in [3.05, 3.63) is 47.3 Å². The van der Waals surface area contributed by atoms with E-state index < -0.39 is 0 Å². The number of carbonyl (C=O) groups is 1. The van der Waals surface area contributed by atoms with Crippen LogP contribution in [0.5, 0.6) is 0 Å². The molecule has 2 rings (SSSR count). The first kappa shape index (κ1) is 11.7. The minimum atomic E-state index is -0.240. The van der Waals surface area contributed by atoms with Crippen LogP contribution in [0.3, 0.4) is 0 Å². The van der Waals surface area contributed by atoms with Gasteiger partial charge in [0.2, 0.25) is 0 Å². The highest BCUT2D eigenvalue weighted by molar-refractivity contribution is 6.17. The zero-order valence-corrected chi connectivity index (χ0v) is 9.99. The molecule has 0 spiro atoms. The molecule has 0 radical (unpaired) electrons. The molecule has 0 aliphatic heterocycles. The molecule has 1 N–H and O–H groups in total. The van der Waals surface area contributed by atoms with Crippen LogP contribution in [-0.4, -0.2) is 11.1 Å². The molecule has 0 saturated carbocycles. The lowest BCUT2D eigenvalue weighted by molar-refractivity contribution is 0.102. The molecule has 1 aromatic heterocycles. The fraction of sp³-hybridized carbons (Fsp3) is 0.167. The molecule has 0 saturated heterocycles. The lowest BCUT2D eigenvalue weighted by Gasteiger charge is -2.05. The van der Waals surface area contributed by atoms with E-state index in [2.05, 4.69) is 10.5 Å². The largest absolute Gasteiger partial charge is 0.361 e. The Morgan fingerprint density at radius 2 is 2.35 bits per heavy atom. The molecular formula is C12H11ClN2O2. The third-order valence-electron chi connectivity index (χ3n) is 2.33. The van der Waals surface area contributed by atoms with Gasteiger partial charge in [-0.2, -0.15) is 0 Å². The number of nitrogens with zero attached hydrogens (tertiary/aromatic N) is 1. The standard InChI is InChI=1S/C12H11ClN2O2/c1-8-11(7-14-17-8)12(16)15-10-4-2-3-9(5-10)6-13/h2-5,7H,6H2,1H3,(H,15,16). The van der Waals surface area contributed by atoms with E-state index in [1.807, 2.05) is 18.2 Å². The summed E-state index contributed by atoms with van der Waals surface area (Å²) in [6.45, 7) is 1.69. The molecule has 0 unspecified atom stereocenters. The monoisotopic (exact) mass is 250 g/mol. The third kappa shape index (κ3) is 2.65. The van der Waals surface area contributed by atoms with Gasteiger partial charge in [-0.15, -0.1) is 11.6 Å². The number of benzene rings is 1. The van der Waals surface area contributed by atoms with Gasteiger partial charge in [-0.25, -0.2) is 0 Å². The first-order chi connectivity index (χ1) is 8.20. The van der Waals surface area contributed by atoms with Gasteiger partial charge in [0.15, 0.2) is 0 Å². The Morgan fingerprint density at radius 3 is 3.00 bits per heavy atom. The van der Waals surface area contributed by atoms with Gasteiger partial charge < -0.3 is 9.84 Å². The molecule has 2 aromatic rings. The van der Waals surface area contributed by atoms with Gasteiger partial charge in [-0.05, 0) is 24.6 Å². The molecule has 1 aromatic carbocycles. The quantitative estimate of drug-likeness (QED) is 0.852. The lowest BCUT2D eigenvalue weighted by Crippen LogP contribution is -2.12. The van der Waals surface area contributed by atoms with Crippen molar-refractivity contribution in [2.24, 2.45) is 0 Å². The zero-order chi connectivity index (χ0) is 12.3. The fourth-order valence-electron chi connectivity index (χ4n) is 1.45. The molecule has 88 valence electrons. The van der Waals surface area contributed by atoms with E-state index in [0.29, 0.717) is 22.9 Å². The van der Waals surface area contributed by atoms with Crippen LogP contribution >= 0.6 is 11.6 Å². The highest BCUT2D eigenvalue weighted by Gasteiger charge is 2.12. The number of amides is 1. The van der Waals surface area contributed by atoms with Crippen LogP contribution < -0.4 is 5.32 Å². The summed E-state index contributed by atoms with van der Waals surface area (Å²) in [4.78, 5) is 11.9. The Kier molecular flexibility index (Phi) is 3.44. The fourth-order valence-corrected chi connectivity index (χ4v) is 1.61. The van der Waals surface area contributed by atoms with Crippen LogP contribution in [0.1, 0.15) is 21.7 Å². The maximum Gasteiger partial charge on any atom is 0.260 e. The van der Waals surface area contributed by atoms with E-state index in [0.717, 1.165) is 5.56 Å². The van der Waals surface area contributed by atoms with Crippen molar-refractivity contribution in [1.82, 2.24) is 5.16 Å². The van der Waals surface area contributed by atoms with Gasteiger partial charge in [0.25, 0.3) is 5.91 Å². The number of carbonyl (C=O) groups excluding carboxylic acids is 1. The van der Waals surface area contributed by atoms with Crippen molar-refractivity contribution in [1.29, 1.82) is 0 Å². The number of nitrogens with one attached hydrogen (secondary N) is 1. The Labute approximate surface area is 104 Å². The number of alkyl halides is 1. The van der Waals surface area contributed by atoms with Crippen molar-refractivity contribution in [2.75, 3.05) is 5.32 Å². The van der Waals surface area contributed by atoms with Gasteiger partial charge in [0.05, 0.1) is 6.20 Å². The summed E-state index contributed by atoms with van der Waals surface area (Å²) < 4.78 is 4.84. The summed E-state index contributed by atoms with van der Waals surface area (Å²) in [6, 6.07) is 7.37. The molecule has 1 amide bonds. The van der Waals surface area contributed by atoms with E-state index in [9.17, 15) is 4.79 Å². The van der Waals surface area contributed by atoms with Crippen LogP contribution in [0.25, 0.3) is 0 Å². The molecule has 5 heteroatoms. The predicted octanol–water partition coefficient (Wildman–Crippen LogP) is 2.97. The smallest absolute Gasteiger partial charge is 0.260 e. The predicted molar refractivity (Wildman–Crippen MR) is 65.2 cm³/mol. The molecule has 0 atom stereocenters. The van der Waals surface area contributed by atoms with Gasteiger partial charge in [-0.3, -0.25) is 4.79 Å². The molecule has 0 bridgehead atoms. The number of hydrogen-bond acceptors (Lipinski definition) is 3. The summed E-state index contributed by atoms with van der Waals surface area (Å²) in [5.74, 6) is 0.669.